The molecule has 0 aromatic heterocycles. The van der Waals surface area contributed by atoms with Crippen LogP contribution in [0, 0.1) is 0 Å². The molecule has 1 nitrogen and oxygen atoms in total. The molecule has 1 N–H and O–H groups in total. The normalized spacial score (nSPS) is 12.0. The molecule has 17 heavy (non-hydrogen) atoms. The fraction of sp³-hybridized carbons (Fsp3) is 1.00. The van der Waals surface area contributed by atoms with Crippen molar-refractivity contribution in [3.8, 4) is 0 Å². The summed E-state index contributed by atoms with van der Waals surface area (Å²) >= 11 is 4.21. The molecule has 0 rings (SSSR count). The standard InChI is InChI=1S/C15H32OS/c1-15(2,16)13-11-9-7-5-3-4-6-8-10-12-14-17/h16-17H,3-14H2,1-2H3. The first-order chi connectivity index (χ1) is 8.06. The summed E-state index contributed by atoms with van der Waals surface area (Å²) in [6, 6.07) is 0. The molecule has 0 spiro atoms. The molecule has 0 aliphatic carbocycles. The number of hydrogen-bond acceptors (Lipinski definition) is 2. The van der Waals surface area contributed by atoms with Gasteiger partial charge < -0.3 is 5.11 Å². The minimum atomic E-state index is -0.465. The molecule has 104 valence electrons. The maximum absolute atomic E-state index is 9.56. The van der Waals surface area contributed by atoms with Crippen molar-refractivity contribution in [1.82, 2.24) is 0 Å². The summed E-state index contributed by atoms with van der Waals surface area (Å²) in [5.74, 6) is 1.04. The molecular formula is C15H32OS. The predicted octanol–water partition coefficient (Wildman–Crippen LogP) is 4.98. The Hall–Kier alpha value is 0.310. The highest BCUT2D eigenvalue weighted by molar-refractivity contribution is 7.80. The lowest BCUT2D eigenvalue weighted by molar-refractivity contribution is 0.0680. The van der Waals surface area contributed by atoms with E-state index in [1.807, 2.05) is 13.8 Å². The van der Waals surface area contributed by atoms with Gasteiger partial charge in [-0.25, -0.2) is 0 Å². The summed E-state index contributed by atoms with van der Waals surface area (Å²) in [6.07, 6.45) is 14.3. The Labute approximate surface area is 114 Å². The van der Waals surface area contributed by atoms with Gasteiger partial charge >= 0.3 is 0 Å². The number of hydrogen-bond donors (Lipinski definition) is 2. The van der Waals surface area contributed by atoms with Crippen LogP contribution in [0.3, 0.4) is 0 Å². The molecule has 0 unspecified atom stereocenters. The highest BCUT2D eigenvalue weighted by Crippen LogP contribution is 2.15. The first-order valence-corrected chi connectivity index (χ1v) is 8.03. The van der Waals surface area contributed by atoms with Crippen molar-refractivity contribution >= 4 is 12.6 Å². The van der Waals surface area contributed by atoms with Gasteiger partial charge in [-0.1, -0.05) is 57.8 Å². The molecule has 0 atom stereocenters. The third-order valence-electron chi connectivity index (χ3n) is 3.20. The molecule has 0 heterocycles. The monoisotopic (exact) mass is 260 g/mol. The number of unbranched alkanes of at least 4 members (excludes halogenated alkanes) is 9. The third kappa shape index (κ3) is 16.3. The van der Waals surface area contributed by atoms with Gasteiger partial charge in [0.15, 0.2) is 0 Å². The van der Waals surface area contributed by atoms with Gasteiger partial charge in [-0.05, 0) is 32.4 Å². The van der Waals surface area contributed by atoms with Crippen molar-refractivity contribution in [3.05, 3.63) is 0 Å². The first kappa shape index (κ1) is 17.3. The van der Waals surface area contributed by atoms with Crippen LogP contribution < -0.4 is 0 Å². The Balaban J connectivity index is 2.99. The zero-order chi connectivity index (χ0) is 13.0. The Morgan fingerprint density at radius 1 is 0.706 bits per heavy atom. The van der Waals surface area contributed by atoms with Crippen LogP contribution in [0.1, 0.15) is 84.5 Å². The van der Waals surface area contributed by atoms with E-state index < -0.39 is 5.60 Å². The second-order valence-corrected chi connectivity index (χ2v) is 6.27. The van der Waals surface area contributed by atoms with Crippen molar-refractivity contribution in [2.75, 3.05) is 5.75 Å². The average Bonchev–Trinajstić information content (AvgIpc) is 2.24. The third-order valence-corrected chi connectivity index (χ3v) is 3.51. The largest absolute Gasteiger partial charge is 0.390 e. The van der Waals surface area contributed by atoms with E-state index in [1.165, 1.54) is 64.2 Å². The quantitative estimate of drug-likeness (QED) is 0.374. The van der Waals surface area contributed by atoms with Gasteiger partial charge in [0, 0.05) is 0 Å². The summed E-state index contributed by atoms with van der Waals surface area (Å²) in [7, 11) is 0. The summed E-state index contributed by atoms with van der Waals surface area (Å²) in [5.41, 5.74) is -0.465. The molecule has 0 aromatic carbocycles. The summed E-state index contributed by atoms with van der Waals surface area (Å²) in [6.45, 7) is 3.80. The molecule has 0 fully saturated rings. The average molecular weight is 260 g/mol. The van der Waals surface area contributed by atoms with Crippen LogP contribution in [0.15, 0.2) is 0 Å². The van der Waals surface area contributed by atoms with Crippen molar-refractivity contribution < 1.29 is 5.11 Å². The highest BCUT2D eigenvalue weighted by atomic mass is 32.1. The van der Waals surface area contributed by atoms with Crippen LogP contribution in [-0.4, -0.2) is 16.5 Å². The van der Waals surface area contributed by atoms with Crippen LogP contribution in [0.25, 0.3) is 0 Å². The van der Waals surface area contributed by atoms with Gasteiger partial charge in [-0.3, -0.25) is 0 Å². The lowest BCUT2D eigenvalue weighted by Crippen LogP contribution is -2.17. The summed E-state index contributed by atoms with van der Waals surface area (Å²) < 4.78 is 0. The minimum absolute atomic E-state index is 0.465. The molecule has 0 aliphatic rings. The van der Waals surface area contributed by atoms with E-state index in [4.69, 9.17) is 0 Å². The summed E-state index contributed by atoms with van der Waals surface area (Å²) in [4.78, 5) is 0. The maximum Gasteiger partial charge on any atom is 0.0591 e. The minimum Gasteiger partial charge on any atom is -0.390 e. The smallest absolute Gasteiger partial charge is 0.0591 e. The van der Waals surface area contributed by atoms with E-state index in [0.29, 0.717) is 0 Å². The number of aliphatic hydroxyl groups is 1. The van der Waals surface area contributed by atoms with Crippen LogP contribution >= 0.6 is 12.6 Å². The van der Waals surface area contributed by atoms with Crippen LogP contribution in [-0.2, 0) is 0 Å². The van der Waals surface area contributed by atoms with Crippen molar-refractivity contribution in [2.45, 2.75) is 90.1 Å². The van der Waals surface area contributed by atoms with Crippen LogP contribution in [0.5, 0.6) is 0 Å². The highest BCUT2D eigenvalue weighted by Gasteiger charge is 2.10. The second-order valence-electron chi connectivity index (χ2n) is 5.82. The van der Waals surface area contributed by atoms with Crippen LogP contribution in [0.2, 0.25) is 0 Å². The fourth-order valence-electron chi connectivity index (χ4n) is 2.08. The van der Waals surface area contributed by atoms with Crippen molar-refractivity contribution in [2.24, 2.45) is 0 Å². The Morgan fingerprint density at radius 2 is 1.06 bits per heavy atom. The Kier molecular flexibility index (Phi) is 11.6. The lowest BCUT2D eigenvalue weighted by atomic mass is 9.99. The van der Waals surface area contributed by atoms with E-state index in [0.717, 1.165) is 12.2 Å². The maximum atomic E-state index is 9.56. The summed E-state index contributed by atoms with van der Waals surface area (Å²) in [5, 5.41) is 9.56. The van der Waals surface area contributed by atoms with Gasteiger partial charge in [-0.15, -0.1) is 0 Å². The zero-order valence-corrected chi connectivity index (χ0v) is 12.8. The first-order valence-electron chi connectivity index (χ1n) is 7.39. The molecule has 0 aliphatic heterocycles. The van der Waals surface area contributed by atoms with E-state index in [-0.39, 0.29) is 0 Å². The predicted molar refractivity (Wildman–Crippen MR) is 80.9 cm³/mol. The van der Waals surface area contributed by atoms with E-state index >= 15 is 0 Å². The van der Waals surface area contributed by atoms with Gasteiger partial charge in [0.25, 0.3) is 0 Å². The molecular weight excluding hydrogens is 228 g/mol. The Bertz CT molecular complexity index is 151. The Morgan fingerprint density at radius 3 is 1.41 bits per heavy atom. The molecule has 0 bridgehead atoms. The fourth-order valence-corrected chi connectivity index (χ4v) is 2.31. The van der Waals surface area contributed by atoms with E-state index in [2.05, 4.69) is 12.6 Å². The van der Waals surface area contributed by atoms with Gasteiger partial charge in [-0.2, -0.15) is 12.6 Å². The molecule has 0 saturated heterocycles. The lowest BCUT2D eigenvalue weighted by Gasteiger charge is -2.16. The second kappa shape index (κ2) is 11.4. The van der Waals surface area contributed by atoms with Crippen LogP contribution in [0.4, 0.5) is 0 Å². The molecule has 0 saturated carbocycles. The SMILES string of the molecule is CC(C)(O)CCCCCCCCCCCCS. The molecule has 0 aromatic rings. The van der Waals surface area contributed by atoms with E-state index in [9.17, 15) is 5.11 Å². The molecule has 2 heteroatoms. The molecule has 0 radical (unpaired) electrons. The van der Waals surface area contributed by atoms with Crippen molar-refractivity contribution in [3.63, 3.8) is 0 Å². The van der Waals surface area contributed by atoms with E-state index in [1.54, 1.807) is 0 Å². The number of thiol groups is 1. The van der Waals surface area contributed by atoms with Gasteiger partial charge in [0.1, 0.15) is 0 Å². The van der Waals surface area contributed by atoms with Gasteiger partial charge in [0.2, 0.25) is 0 Å². The number of rotatable bonds is 12. The zero-order valence-electron chi connectivity index (χ0n) is 11.9. The topological polar surface area (TPSA) is 20.2 Å². The van der Waals surface area contributed by atoms with Gasteiger partial charge in [0.05, 0.1) is 5.60 Å². The molecule has 0 amide bonds. The van der Waals surface area contributed by atoms with Crippen molar-refractivity contribution in [1.29, 1.82) is 0 Å².